The first-order valence-corrected chi connectivity index (χ1v) is 10.3. The second-order valence-electron chi connectivity index (χ2n) is 8.20. The summed E-state index contributed by atoms with van der Waals surface area (Å²) in [6.45, 7) is 4.37. The van der Waals surface area contributed by atoms with Gasteiger partial charge in [0.15, 0.2) is 5.65 Å². The molecule has 3 aromatic rings. The highest BCUT2D eigenvalue weighted by atomic mass is 16.2. The minimum atomic E-state index is -0.0270. The van der Waals surface area contributed by atoms with Gasteiger partial charge in [0.25, 0.3) is 5.91 Å². The maximum atomic E-state index is 13.0. The van der Waals surface area contributed by atoms with Crippen molar-refractivity contribution in [1.82, 2.24) is 39.8 Å². The van der Waals surface area contributed by atoms with Crippen LogP contribution in [0.2, 0.25) is 0 Å². The van der Waals surface area contributed by atoms with Gasteiger partial charge in [-0.1, -0.05) is 5.21 Å². The first kappa shape index (κ1) is 18.7. The van der Waals surface area contributed by atoms with Crippen molar-refractivity contribution in [2.24, 2.45) is 17.8 Å². The number of hydrogen-bond acceptors (Lipinski definition) is 6. The predicted molar refractivity (Wildman–Crippen MR) is 106 cm³/mol. The smallest absolute Gasteiger partial charge is 0.255 e. The van der Waals surface area contributed by atoms with E-state index in [0.29, 0.717) is 36.8 Å². The second-order valence-corrected chi connectivity index (χ2v) is 8.20. The topological polar surface area (TPSA) is 110 Å². The minimum absolute atomic E-state index is 0.0153. The number of likely N-dealkylation sites (tertiary alicyclic amines) is 1. The average Bonchev–Trinajstić information content (AvgIpc) is 3.36. The van der Waals surface area contributed by atoms with E-state index in [1.165, 1.54) is 6.33 Å². The quantitative estimate of drug-likeness (QED) is 0.660. The highest BCUT2D eigenvalue weighted by Crippen LogP contribution is 2.45. The number of hydrogen-bond donors (Lipinski definition) is 1. The molecule has 4 heterocycles. The number of nitrogens with one attached hydrogen (secondary N) is 1. The van der Waals surface area contributed by atoms with Gasteiger partial charge in [0.05, 0.1) is 17.8 Å². The lowest BCUT2D eigenvalue weighted by molar-refractivity contribution is -0.136. The Morgan fingerprint density at radius 3 is 3.00 bits per heavy atom. The van der Waals surface area contributed by atoms with Crippen molar-refractivity contribution in [3.63, 3.8) is 0 Å². The molecule has 1 saturated carbocycles. The normalized spacial score (nSPS) is 23.1. The van der Waals surface area contributed by atoms with Crippen molar-refractivity contribution in [3.8, 4) is 0 Å². The number of piperidine rings is 1. The van der Waals surface area contributed by atoms with Crippen LogP contribution in [0.3, 0.4) is 0 Å². The molecule has 2 amide bonds. The summed E-state index contributed by atoms with van der Waals surface area (Å²) in [4.78, 5) is 31.6. The standard InChI is InChI=1S/C20H24N8O2/c1-13-9-27(25-24-13)7-5-21-19(29)16-8-14-4-6-26(11-17(14)16)20(30)15-2-3-18-22-12-23-28(18)10-15/h2-3,9-10,12,14,16-17H,4-8,11H2,1H3,(H,21,29)/t14-,16-,17-/m1/s1. The van der Waals surface area contributed by atoms with Crippen LogP contribution in [0.15, 0.2) is 30.9 Å². The number of amides is 2. The van der Waals surface area contributed by atoms with E-state index < -0.39 is 0 Å². The van der Waals surface area contributed by atoms with Crippen LogP contribution in [0.4, 0.5) is 0 Å². The number of carbonyl (C=O) groups excluding carboxylic acids is 2. The summed E-state index contributed by atoms with van der Waals surface area (Å²) >= 11 is 0. The van der Waals surface area contributed by atoms with Crippen LogP contribution in [0.25, 0.3) is 5.65 Å². The lowest BCUT2D eigenvalue weighted by Crippen LogP contribution is -2.56. The maximum absolute atomic E-state index is 13.0. The average molecular weight is 408 g/mol. The van der Waals surface area contributed by atoms with Crippen LogP contribution < -0.4 is 5.32 Å². The fraction of sp³-hybridized carbons (Fsp3) is 0.500. The molecule has 0 radical (unpaired) electrons. The Balaban J connectivity index is 1.18. The molecule has 5 rings (SSSR count). The van der Waals surface area contributed by atoms with Crippen molar-refractivity contribution in [1.29, 1.82) is 0 Å². The number of rotatable bonds is 5. The molecule has 3 aromatic heterocycles. The number of nitrogens with zero attached hydrogens (tertiary/aromatic N) is 7. The molecule has 1 saturated heterocycles. The van der Waals surface area contributed by atoms with Crippen LogP contribution in [0, 0.1) is 24.7 Å². The van der Waals surface area contributed by atoms with Gasteiger partial charge in [0, 0.05) is 37.9 Å². The summed E-state index contributed by atoms with van der Waals surface area (Å²) in [7, 11) is 0. The number of pyridine rings is 1. The highest BCUT2D eigenvalue weighted by molar-refractivity contribution is 5.94. The lowest BCUT2D eigenvalue weighted by atomic mass is 9.61. The predicted octanol–water partition coefficient (Wildman–Crippen LogP) is 0.544. The number of fused-ring (bicyclic) bond motifs is 2. The van der Waals surface area contributed by atoms with Gasteiger partial charge in [-0.15, -0.1) is 5.10 Å². The SMILES string of the molecule is Cc1cn(CCNC(=O)[C@@H]2C[C@H]3CCN(C(=O)c4ccc5ncnn5c4)C[C@H]32)nn1. The molecule has 2 fully saturated rings. The fourth-order valence-electron chi connectivity index (χ4n) is 4.63. The van der Waals surface area contributed by atoms with Crippen LogP contribution in [0.1, 0.15) is 28.9 Å². The highest BCUT2D eigenvalue weighted by Gasteiger charge is 2.48. The van der Waals surface area contributed by atoms with Gasteiger partial charge in [-0.3, -0.25) is 14.3 Å². The summed E-state index contributed by atoms with van der Waals surface area (Å²) in [5.74, 6) is 0.790. The van der Waals surface area contributed by atoms with E-state index in [0.717, 1.165) is 25.1 Å². The molecule has 0 spiro atoms. The zero-order valence-electron chi connectivity index (χ0n) is 16.8. The van der Waals surface area contributed by atoms with Gasteiger partial charge in [-0.25, -0.2) is 9.50 Å². The van der Waals surface area contributed by atoms with Gasteiger partial charge >= 0.3 is 0 Å². The molecule has 1 aliphatic heterocycles. The van der Waals surface area contributed by atoms with Crippen LogP contribution in [0.5, 0.6) is 0 Å². The van der Waals surface area contributed by atoms with E-state index in [1.54, 1.807) is 27.5 Å². The summed E-state index contributed by atoms with van der Waals surface area (Å²) in [5.41, 5.74) is 2.16. The summed E-state index contributed by atoms with van der Waals surface area (Å²) in [5, 5.41) is 15.1. The van der Waals surface area contributed by atoms with Crippen molar-refractivity contribution in [2.45, 2.75) is 26.3 Å². The molecule has 1 aliphatic carbocycles. The second kappa shape index (κ2) is 7.51. The van der Waals surface area contributed by atoms with Gasteiger partial charge in [-0.05, 0) is 43.7 Å². The van der Waals surface area contributed by atoms with Crippen LogP contribution in [-0.2, 0) is 11.3 Å². The Labute approximate surface area is 173 Å². The number of carbonyl (C=O) groups is 2. The van der Waals surface area contributed by atoms with Gasteiger partial charge < -0.3 is 10.2 Å². The van der Waals surface area contributed by atoms with Crippen LogP contribution in [-0.4, -0.2) is 65.9 Å². The Morgan fingerprint density at radius 1 is 1.27 bits per heavy atom. The molecule has 10 nitrogen and oxygen atoms in total. The largest absolute Gasteiger partial charge is 0.354 e. The van der Waals surface area contributed by atoms with E-state index in [-0.39, 0.29) is 23.7 Å². The molecule has 0 unspecified atom stereocenters. The molecule has 3 atom stereocenters. The molecule has 10 heteroatoms. The Morgan fingerprint density at radius 2 is 2.17 bits per heavy atom. The van der Waals surface area contributed by atoms with Crippen molar-refractivity contribution in [3.05, 3.63) is 42.1 Å². The number of aromatic nitrogens is 6. The molecule has 156 valence electrons. The van der Waals surface area contributed by atoms with E-state index in [2.05, 4.69) is 25.7 Å². The summed E-state index contributed by atoms with van der Waals surface area (Å²) in [6, 6.07) is 3.58. The molecular formula is C20H24N8O2. The van der Waals surface area contributed by atoms with E-state index >= 15 is 0 Å². The van der Waals surface area contributed by atoms with Crippen molar-refractivity contribution >= 4 is 17.5 Å². The molecule has 0 aromatic carbocycles. The molecule has 0 bridgehead atoms. The Bertz CT molecular complexity index is 1090. The van der Waals surface area contributed by atoms with E-state index in [9.17, 15) is 9.59 Å². The molecular weight excluding hydrogens is 384 g/mol. The third-order valence-corrected chi connectivity index (χ3v) is 6.32. The minimum Gasteiger partial charge on any atom is -0.354 e. The summed E-state index contributed by atoms with van der Waals surface area (Å²) < 4.78 is 3.34. The fourth-order valence-corrected chi connectivity index (χ4v) is 4.63. The monoisotopic (exact) mass is 408 g/mol. The Kier molecular flexibility index (Phi) is 4.68. The first-order chi connectivity index (χ1) is 14.6. The zero-order chi connectivity index (χ0) is 20.7. The third-order valence-electron chi connectivity index (χ3n) is 6.32. The molecule has 30 heavy (non-hydrogen) atoms. The van der Waals surface area contributed by atoms with E-state index in [1.807, 2.05) is 18.0 Å². The van der Waals surface area contributed by atoms with Gasteiger partial charge in [0.2, 0.25) is 5.91 Å². The van der Waals surface area contributed by atoms with E-state index in [4.69, 9.17) is 0 Å². The first-order valence-electron chi connectivity index (χ1n) is 10.3. The maximum Gasteiger partial charge on any atom is 0.255 e. The van der Waals surface area contributed by atoms with Gasteiger partial charge in [-0.2, -0.15) is 5.10 Å². The van der Waals surface area contributed by atoms with Crippen molar-refractivity contribution < 1.29 is 9.59 Å². The lowest BCUT2D eigenvalue weighted by Gasteiger charge is -2.50. The zero-order valence-corrected chi connectivity index (χ0v) is 16.8. The van der Waals surface area contributed by atoms with Crippen LogP contribution >= 0.6 is 0 Å². The molecule has 2 aliphatic rings. The van der Waals surface area contributed by atoms with Crippen molar-refractivity contribution in [2.75, 3.05) is 19.6 Å². The third kappa shape index (κ3) is 3.42. The Hall–Kier alpha value is -3.30. The van der Waals surface area contributed by atoms with Gasteiger partial charge in [0.1, 0.15) is 6.33 Å². The number of aryl methyl sites for hydroxylation is 1. The summed E-state index contributed by atoms with van der Waals surface area (Å²) in [6.07, 6.45) is 6.90. The molecule has 1 N–H and O–H groups in total.